The molecule has 29 heavy (non-hydrogen) atoms. The number of halogens is 1. The Morgan fingerprint density at radius 3 is 2.59 bits per heavy atom. The van der Waals surface area contributed by atoms with E-state index in [1.54, 1.807) is 6.92 Å². The van der Waals surface area contributed by atoms with Crippen molar-refractivity contribution in [2.75, 3.05) is 0 Å². The maximum Gasteiger partial charge on any atom is 0.355 e. The summed E-state index contributed by atoms with van der Waals surface area (Å²) < 4.78 is 40.5. The van der Waals surface area contributed by atoms with Gasteiger partial charge < -0.3 is 5.11 Å². The zero-order valence-electron chi connectivity index (χ0n) is 15.6. The predicted octanol–water partition coefficient (Wildman–Crippen LogP) is 3.58. The lowest BCUT2D eigenvalue weighted by Gasteiger charge is -2.13. The number of aromatic nitrogens is 3. The van der Waals surface area contributed by atoms with Crippen molar-refractivity contribution in [3.05, 3.63) is 41.1 Å². The molecule has 0 unspecified atom stereocenters. The van der Waals surface area contributed by atoms with Gasteiger partial charge in [-0.25, -0.2) is 22.6 Å². The van der Waals surface area contributed by atoms with E-state index in [0.29, 0.717) is 29.3 Å². The van der Waals surface area contributed by atoms with Crippen LogP contribution in [0.4, 0.5) is 4.39 Å². The molecule has 2 fully saturated rings. The fraction of sp³-hybridized carbons (Fsp3) is 0.350. The van der Waals surface area contributed by atoms with Crippen LogP contribution in [0.3, 0.4) is 0 Å². The minimum atomic E-state index is -3.58. The van der Waals surface area contributed by atoms with Crippen LogP contribution in [-0.2, 0) is 9.84 Å². The number of fused-ring (bicyclic) bond motifs is 1. The first-order valence-corrected chi connectivity index (χ1v) is 11.0. The van der Waals surface area contributed by atoms with E-state index in [1.807, 2.05) is 0 Å². The Morgan fingerprint density at radius 1 is 1.24 bits per heavy atom. The SMILES string of the molecule is Cc1cc(-c2c(C(=O)O)ncc3n[nH]c(C4CC4)c23)c(F)cc1S(=O)(=O)C1CC1. The van der Waals surface area contributed by atoms with E-state index in [9.17, 15) is 18.3 Å². The van der Waals surface area contributed by atoms with E-state index in [1.165, 1.54) is 12.3 Å². The van der Waals surface area contributed by atoms with Crippen molar-refractivity contribution in [3.8, 4) is 11.1 Å². The third-order valence-corrected chi connectivity index (χ3v) is 8.02. The first-order chi connectivity index (χ1) is 13.8. The summed E-state index contributed by atoms with van der Waals surface area (Å²) in [4.78, 5) is 15.8. The quantitative estimate of drug-likeness (QED) is 0.658. The number of pyridine rings is 1. The molecule has 0 saturated heterocycles. The minimum Gasteiger partial charge on any atom is -0.476 e. The lowest BCUT2D eigenvalue weighted by molar-refractivity contribution is 0.0691. The van der Waals surface area contributed by atoms with Crippen LogP contribution in [0.5, 0.6) is 0 Å². The monoisotopic (exact) mass is 415 g/mol. The number of carbonyl (C=O) groups is 1. The summed E-state index contributed by atoms with van der Waals surface area (Å²) in [5, 5.41) is 16.9. The molecule has 3 aromatic rings. The number of aryl methyl sites for hydroxylation is 1. The van der Waals surface area contributed by atoms with E-state index in [2.05, 4.69) is 15.2 Å². The second-order valence-electron chi connectivity index (χ2n) is 7.80. The second-order valence-corrected chi connectivity index (χ2v) is 10.00. The van der Waals surface area contributed by atoms with E-state index in [-0.39, 0.29) is 27.6 Å². The van der Waals surface area contributed by atoms with Crippen LogP contribution in [0.2, 0.25) is 0 Å². The first kappa shape index (κ1) is 18.2. The van der Waals surface area contributed by atoms with Crippen LogP contribution >= 0.6 is 0 Å². The first-order valence-electron chi connectivity index (χ1n) is 9.43. The number of benzene rings is 1. The third kappa shape index (κ3) is 2.83. The fourth-order valence-electron chi connectivity index (χ4n) is 3.85. The van der Waals surface area contributed by atoms with Gasteiger partial charge in [0.25, 0.3) is 0 Å². The number of carboxylic acid groups (broad SMARTS) is 1. The molecule has 2 aromatic heterocycles. The number of aromatic amines is 1. The number of nitrogens with zero attached hydrogens (tertiary/aromatic N) is 2. The number of hydrogen-bond donors (Lipinski definition) is 2. The van der Waals surface area contributed by atoms with E-state index in [0.717, 1.165) is 24.6 Å². The number of aromatic carboxylic acids is 1. The molecule has 2 saturated carbocycles. The number of H-pyrrole nitrogens is 1. The second kappa shape index (κ2) is 6.09. The van der Waals surface area contributed by atoms with Crippen molar-refractivity contribution in [1.82, 2.24) is 15.2 Å². The maximum atomic E-state index is 15.2. The largest absolute Gasteiger partial charge is 0.476 e. The van der Waals surface area contributed by atoms with Gasteiger partial charge in [-0.3, -0.25) is 5.10 Å². The van der Waals surface area contributed by atoms with Crippen LogP contribution in [0.15, 0.2) is 23.2 Å². The van der Waals surface area contributed by atoms with E-state index < -0.39 is 26.9 Å². The fourth-order valence-corrected chi connectivity index (χ4v) is 5.74. The smallest absolute Gasteiger partial charge is 0.355 e. The summed E-state index contributed by atoms with van der Waals surface area (Å²) in [6.45, 7) is 1.60. The van der Waals surface area contributed by atoms with Crippen molar-refractivity contribution in [2.24, 2.45) is 0 Å². The summed E-state index contributed by atoms with van der Waals surface area (Å²) >= 11 is 0. The molecule has 0 spiro atoms. The van der Waals surface area contributed by atoms with Gasteiger partial charge in [0.2, 0.25) is 0 Å². The molecule has 0 radical (unpaired) electrons. The number of carboxylic acids is 1. The van der Waals surface area contributed by atoms with Crippen LogP contribution in [-0.4, -0.2) is 39.9 Å². The Hall–Kier alpha value is -2.81. The average Bonchev–Trinajstić information content (AvgIpc) is 3.59. The summed E-state index contributed by atoms with van der Waals surface area (Å²) in [6.07, 6.45) is 4.42. The Balaban J connectivity index is 1.79. The van der Waals surface area contributed by atoms with Gasteiger partial charge >= 0.3 is 5.97 Å². The van der Waals surface area contributed by atoms with Crippen molar-refractivity contribution < 1.29 is 22.7 Å². The molecule has 2 heterocycles. The number of rotatable bonds is 5. The van der Waals surface area contributed by atoms with Gasteiger partial charge in [-0.1, -0.05) is 0 Å². The van der Waals surface area contributed by atoms with Gasteiger partial charge in [-0.05, 0) is 50.3 Å². The van der Waals surface area contributed by atoms with Gasteiger partial charge in [0.15, 0.2) is 15.5 Å². The molecule has 2 aliphatic carbocycles. The number of sulfone groups is 1. The average molecular weight is 415 g/mol. The summed E-state index contributed by atoms with van der Waals surface area (Å²) in [7, 11) is -3.58. The Kier molecular flexibility index (Phi) is 3.83. The molecule has 2 aliphatic rings. The van der Waals surface area contributed by atoms with Crippen molar-refractivity contribution in [2.45, 2.75) is 48.7 Å². The van der Waals surface area contributed by atoms with E-state index in [4.69, 9.17) is 0 Å². The Labute approximate surface area is 165 Å². The minimum absolute atomic E-state index is 0.0241. The van der Waals surface area contributed by atoms with Crippen LogP contribution in [0, 0.1) is 12.7 Å². The van der Waals surface area contributed by atoms with Crippen molar-refractivity contribution in [3.63, 3.8) is 0 Å². The molecule has 0 amide bonds. The lowest BCUT2D eigenvalue weighted by Crippen LogP contribution is -2.10. The Morgan fingerprint density at radius 2 is 1.97 bits per heavy atom. The molecule has 0 aliphatic heterocycles. The predicted molar refractivity (Wildman–Crippen MR) is 103 cm³/mol. The van der Waals surface area contributed by atoms with E-state index >= 15 is 4.39 Å². The van der Waals surface area contributed by atoms with Gasteiger partial charge in [-0.15, -0.1) is 0 Å². The normalized spacial score (nSPS) is 17.0. The molecule has 150 valence electrons. The van der Waals surface area contributed by atoms with Gasteiger partial charge in [0.05, 0.1) is 16.3 Å². The van der Waals surface area contributed by atoms with Gasteiger partial charge in [-0.2, -0.15) is 5.10 Å². The highest BCUT2D eigenvalue weighted by molar-refractivity contribution is 7.92. The molecule has 0 atom stereocenters. The van der Waals surface area contributed by atoms with Crippen LogP contribution in [0.25, 0.3) is 22.0 Å². The highest BCUT2D eigenvalue weighted by Crippen LogP contribution is 2.46. The molecule has 9 heteroatoms. The number of nitrogens with one attached hydrogen (secondary N) is 1. The van der Waals surface area contributed by atoms with Gasteiger partial charge in [0.1, 0.15) is 11.3 Å². The molecular weight excluding hydrogens is 397 g/mol. The molecule has 7 nitrogen and oxygen atoms in total. The topological polar surface area (TPSA) is 113 Å². The van der Waals surface area contributed by atoms with Crippen LogP contribution < -0.4 is 0 Å². The molecule has 2 N–H and O–H groups in total. The van der Waals surface area contributed by atoms with Crippen LogP contribution in [0.1, 0.15) is 53.3 Å². The highest BCUT2D eigenvalue weighted by atomic mass is 32.2. The number of hydrogen-bond acceptors (Lipinski definition) is 5. The maximum absolute atomic E-state index is 15.2. The van der Waals surface area contributed by atoms with Gasteiger partial charge in [0, 0.05) is 28.1 Å². The molecule has 0 bridgehead atoms. The summed E-state index contributed by atoms with van der Waals surface area (Å²) in [5.74, 6) is -1.84. The zero-order chi connectivity index (χ0) is 20.5. The summed E-state index contributed by atoms with van der Waals surface area (Å²) in [5.41, 5.74) is 1.50. The summed E-state index contributed by atoms with van der Waals surface area (Å²) in [6, 6.07) is 2.43. The highest BCUT2D eigenvalue weighted by Gasteiger charge is 2.38. The Bertz CT molecular complexity index is 1290. The van der Waals surface area contributed by atoms with Crippen molar-refractivity contribution in [1.29, 1.82) is 0 Å². The standard InChI is InChI=1S/C20H18FN3O4S/c1-9-6-12(13(21)7-15(9)29(27,28)11-4-5-11)16-17-14(8-22-19(16)20(25)26)23-24-18(17)10-2-3-10/h6-8,10-11H,2-5H2,1H3,(H,23,24)(H,25,26). The zero-order valence-corrected chi connectivity index (χ0v) is 16.4. The third-order valence-electron chi connectivity index (χ3n) is 5.62. The lowest BCUT2D eigenvalue weighted by atomic mass is 9.95. The van der Waals surface area contributed by atoms with Crippen molar-refractivity contribution >= 4 is 26.7 Å². The molecular formula is C20H18FN3O4S. The molecule has 1 aromatic carbocycles. The molecule has 5 rings (SSSR count).